The lowest BCUT2D eigenvalue weighted by Gasteiger charge is -2.21. The third kappa shape index (κ3) is 5.59. The van der Waals surface area contributed by atoms with Gasteiger partial charge >= 0.3 is 0 Å². The Morgan fingerprint density at radius 1 is 1.11 bits per heavy atom. The van der Waals surface area contributed by atoms with E-state index in [0.29, 0.717) is 23.7 Å². The van der Waals surface area contributed by atoms with E-state index in [4.69, 9.17) is 5.73 Å². The molecule has 3 aromatic carbocycles. The molecule has 7 nitrogen and oxygen atoms in total. The molecule has 1 aliphatic rings. The van der Waals surface area contributed by atoms with Crippen LogP contribution in [0.2, 0.25) is 0 Å². The van der Waals surface area contributed by atoms with Crippen LogP contribution in [0.3, 0.4) is 0 Å². The highest BCUT2D eigenvalue weighted by molar-refractivity contribution is 6.03. The highest BCUT2D eigenvalue weighted by Gasteiger charge is 2.24. The largest absolute Gasteiger partial charge is 0.326 e. The molecule has 4 aromatic rings. The van der Waals surface area contributed by atoms with Gasteiger partial charge in [-0.1, -0.05) is 30.3 Å². The van der Waals surface area contributed by atoms with Crippen molar-refractivity contribution in [3.05, 3.63) is 113 Å². The zero-order valence-corrected chi connectivity index (χ0v) is 20.2. The number of nitrogens with one attached hydrogen (secondary N) is 2. The lowest BCUT2D eigenvalue weighted by Crippen LogP contribution is -2.25. The molecule has 5 rings (SSSR count). The topological polar surface area (TPSA) is 109 Å². The number of anilines is 1. The quantitative estimate of drug-likeness (QED) is 0.313. The van der Waals surface area contributed by atoms with Crippen molar-refractivity contribution in [3.63, 3.8) is 0 Å². The van der Waals surface area contributed by atoms with Crippen molar-refractivity contribution >= 4 is 11.6 Å². The molecule has 1 aliphatic carbocycles. The molecule has 0 unspecified atom stereocenters. The first kappa shape index (κ1) is 24.4. The van der Waals surface area contributed by atoms with Crippen LogP contribution >= 0.6 is 0 Å². The second kappa shape index (κ2) is 10.7. The van der Waals surface area contributed by atoms with Crippen LogP contribution in [-0.2, 0) is 6.54 Å². The molecule has 0 aliphatic heterocycles. The minimum Gasteiger partial charge on any atom is -0.326 e. The summed E-state index contributed by atoms with van der Waals surface area (Å²) in [6.07, 6.45) is 3.89. The minimum absolute atomic E-state index is 0.0700. The number of amides is 1. The Kier molecular flexibility index (Phi) is 7.08. The van der Waals surface area contributed by atoms with Crippen molar-refractivity contribution in [3.8, 4) is 11.8 Å². The summed E-state index contributed by atoms with van der Waals surface area (Å²) >= 11 is 0. The zero-order valence-electron chi connectivity index (χ0n) is 20.2. The van der Waals surface area contributed by atoms with E-state index in [1.807, 2.05) is 42.5 Å². The lowest BCUT2D eigenvalue weighted by molar-refractivity contribution is 0.101. The van der Waals surface area contributed by atoms with E-state index in [2.05, 4.69) is 21.8 Å². The van der Waals surface area contributed by atoms with Gasteiger partial charge in [0.25, 0.3) is 5.91 Å². The van der Waals surface area contributed by atoms with E-state index in [9.17, 15) is 14.4 Å². The van der Waals surface area contributed by atoms with Crippen molar-refractivity contribution in [1.29, 1.82) is 5.26 Å². The molecular weight excluding hydrogens is 467 g/mol. The number of carbonyl (C=O) groups is 1. The molecule has 1 aromatic heterocycles. The molecule has 0 saturated heterocycles. The molecule has 1 saturated carbocycles. The van der Waals surface area contributed by atoms with Crippen molar-refractivity contribution in [2.75, 3.05) is 11.9 Å². The Hall–Kier alpha value is -4.32. The molecule has 1 atom stereocenters. The zero-order chi connectivity index (χ0) is 25.8. The molecule has 0 radical (unpaired) electrons. The third-order valence-corrected chi connectivity index (χ3v) is 6.49. The monoisotopic (exact) mass is 494 g/mol. The molecule has 8 heteroatoms. The van der Waals surface area contributed by atoms with Crippen LogP contribution in [0, 0.1) is 23.1 Å². The smallest absolute Gasteiger partial charge is 0.274 e. The Labute approximate surface area is 214 Å². The molecular formula is C29H27FN6O. The summed E-state index contributed by atoms with van der Waals surface area (Å²) in [7, 11) is 0. The van der Waals surface area contributed by atoms with E-state index in [-0.39, 0.29) is 17.4 Å². The third-order valence-electron chi connectivity index (χ3n) is 6.49. The summed E-state index contributed by atoms with van der Waals surface area (Å²) in [5, 5.41) is 19.9. The fourth-order valence-electron chi connectivity index (χ4n) is 4.32. The number of nitrogens with two attached hydrogens (primary N) is 1. The predicted molar refractivity (Wildman–Crippen MR) is 140 cm³/mol. The number of nitrogens with zero attached hydrogens (tertiary/aromatic N) is 3. The van der Waals surface area contributed by atoms with Gasteiger partial charge in [0.15, 0.2) is 0 Å². The van der Waals surface area contributed by atoms with E-state index in [1.165, 1.54) is 29.8 Å². The van der Waals surface area contributed by atoms with Crippen LogP contribution in [0.4, 0.5) is 10.1 Å². The van der Waals surface area contributed by atoms with Gasteiger partial charge in [0.1, 0.15) is 11.5 Å². The average Bonchev–Trinajstić information content (AvgIpc) is 3.62. The molecule has 186 valence electrons. The Morgan fingerprint density at radius 2 is 1.92 bits per heavy atom. The van der Waals surface area contributed by atoms with Crippen LogP contribution in [-0.4, -0.2) is 22.2 Å². The number of benzene rings is 3. The maximum atomic E-state index is 14.9. The average molecular weight is 495 g/mol. The minimum atomic E-state index is -0.542. The molecule has 1 amide bonds. The van der Waals surface area contributed by atoms with Gasteiger partial charge in [-0.2, -0.15) is 10.4 Å². The Bertz CT molecular complexity index is 1470. The van der Waals surface area contributed by atoms with Gasteiger partial charge in [0.2, 0.25) is 0 Å². The number of rotatable bonds is 9. The van der Waals surface area contributed by atoms with Crippen molar-refractivity contribution < 1.29 is 9.18 Å². The first-order valence-corrected chi connectivity index (χ1v) is 12.2. The first-order valence-electron chi connectivity index (χ1n) is 12.2. The van der Waals surface area contributed by atoms with Gasteiger partial charge in [0, 0.05) is 6.54 Å². The van der Waals surface area contributed by atoms with E-state index >= 15 is 0 Å². The standard InChI is InChI=1S/C29H27FN6O/c30-25-10-9-23(28(33-18-19-7-8-19)22-5-1-3-20(13-22)16-31)15-26(25)35-29(37)27-11-12-34-36(27)24-6-2-4-21(14-24)17-32/h1-6,9-15,19,28,33H,7-8,17-18,32H2,(H,35,37)/t28-/m1/s1. The summed E-state index contributed by atoms with van der Waals surface area (Å²) in [5.74, 6) is -0.403. The number of nitriles is 1. The van der Waals surface area contributed by atoms with Gasteiger partial charge in [-0.3, -0.25) is 4.79 Å². The van der Waals surface area contributed by atoms with Crippen molar-refractivity contribution in [2.24, 2.45) is 11.7 Å². The summed E-state index contributed by atoms with van der Waals surface area (Å²) in [6, 6.07) is 23.0. The van der Waals surface area contributed by atoms with Gasteiger partial charge in [-0.05, 0) is 84.5 Å². The van der Waals surface area contributed by atoms with Gasteiger partial charge < -0.3 is 16.4 Å². The number of hydrogen-bond donors (Lipinski definition) is 3. The molecule has 0 bridgehead atoms. The normalized spacial score (nSPS) is 13.6. The number of aromatic nitrogens is 2. The number of carbonyl (C=O) groups excluding carboxylic acids is 1. The second-order valence-electron chi connectivity index (χ2n) is 9.22. The SMILES string of the molecule is N#Cc1cccc([C@@H](NCC2CC2)c2ccc(F)c(NC(=O)c3ccnn3-c3cccc(CN)c3)c2)c1. The first-order chi connectivity index (χ1) is 18.1. The van der Waals surface area contributed by atoms with Crippen molar-refractivity contribution in [2.45, 2.75) is 25.4 Å². The lowest BCUT2D eigenvalue weighted by atomic mass is 9.96. The van der Waals surface area contributed by atoms with Gasteiger partial charge in [-0.15, -0.1) is 0 Å². The highest BCUT2D eigenvalue weighted by atomic mass is 19.1. The van der Waals surface area contributed by atoms with Crippen LogP contribution in [0.5, 0.6) is 0 Å². The van der Waals surface area contributed by atoms with Crippen LogP contribution in [0.25, 0.3) is 5.69 Å². The van der Waals surface area contributed by atoms with Gasteiger partial charge in [0.05, 0.1) is 35.2 Å². The number of halogens is 1. The van der Waals surface area contributed by atoms with E-state index in [1.54, 1.807) is 24.3 Å². The summed E-state index contributed by atoms with van der Waals surface area (Å²) < 4.78 is 16.4. The maximum absolute atomic E-state index is 14.9. The molecule has 1 heterocycles. The van der Waals surface area contributed by atoms with E-state index < -0.39 is 11.7 Å². The highest BCUT2D eigenvalue weighted by Crippen LogP contribution is 2.31. The molecule has 4 N–H and O–H groups in total. The molecule has 1 fully saturated rings. The van der Waals surface area contributed by atoms with Crippen molar-refractivity contribution in [1.82, 2.24) is 15.1 Å². The van der Waals surface area contributed by atoms with Crippen LogP contribution in [0.1, 0.15) is 51.6 Å². The summed E-state index contributed by atoms with van der Waals surface area (Å²) in [5.41, 5.74) is 9.93. The molecule has 0 spiro atoms. The van der Waals surface area contributed by atoms with Crippen LogP contribution in [0.15, 0.2) is 79.0 Å². The fourth-order valence-corrected chi connectivity index (χ4v) is 4.32. The predicted octanol–water partition coefficient (Wildman–Crippen LogP) is 4.68. The van der Waals surface area contributed by atoms with Gasteiger partial charge in [-0.25, -0.2) is 9.07 Å². The maximum Gasteiger partial charge on any atom is 0.274 e. The molecule has 37 heavy (non-hydrogen) atoms. The van der Waals surface area contributed by atoms with Crippen LogP contribution < -0.4 is 16.4 Å². The van der Waals surface area contributed by atoms with E-state index in [0.717, 1.165) is 23.2 Å². The fraction of sp³-hybridized carbons (Fsp3) is 0.207. The Morgan fingerprint density at radius 3 is 2.70 bits per heavy atom. The second-order valence-corrected chi connectivity index (χ2v) is 9.22. The Balaban J connectivity index is 1.43. The summed E-state index contributed by atoms with van der Waals surface area (Å²) in [6.45, 7) is 1.18. The summed E-state index contributed by atoms with van der Waals surface area (Å²) in [4.78, 5) is 13.2. The number of hydrogen-bond acceptors (Lipinski definition) is 5.